The van der Waals surface area contributed by atoms with Crippen LogP contribution in [0.25, 0.3) is 20.2 Å². The summed E-state index contributed by atoms with van der Waals surface area (Å²) in [5.74, 6) is 0. The van der Waals surface area contributed by atoms with E-state index in [1.807, 2.05) is 11.3 Å². The molecule has 1 aromatic heterocycles. The Morgan fingerprint density at radius 3 is 1.69 bits per heavy atom. The van der Waals surface area contributed by atoms with Crippen LogP contribution in [-0.4, -0.2) is 0 Å². The number of rotatable bonds is 3. The summed E-state index contributed by atoms with van der Waals surface area (Å²) in [7, 11) is 0. The number of halogens is 1. The summed E-state index contributed by atoms with van der Waals surface area (Å²) in [6.07, 6.45) is 4.85. The van der Waals surface area contributed by atoms with Crippen LogP contribution in [0.5, 0.6) is 0 Å². The third kappa shape index (κ3) is 5.03. The molecule has 0 fully saturated rings. The fraction of sp³-hybridized carbons (Fsp3) is 0.429. The van der Waals surface area contributed by atoms with Crippen LogP contribution in [0.3, 0.4) is 0 Å². The highest BCUT2D eigenvalue weighted by Crippen LogP contribution is 2.52. The van der Waals surface area contributed by atoms with E-state index < -0.39 is 0 Å². The van der Waals surface area contributed by atoms with Gasteiger partial charge in [0.15, 0.2) is 0 Å². The van der Waals surface area contributed by atoms with Crippen LogP contribution in [0.4, 0.5) is 17.1 Å². The molecule has 0 saturated carbocycles. The highest BCUT2D eigenvalue weighted by molar-refractivity contribution is 7.25. The molecule has 0 aliphatic heterocycles. The normalized spacial score (nSPS) is 19.4. The lowest BCUT2D eigenvalue weighted by atomic mass is 9.63. The fourth-order valence-corrected chi connectivity index (χ4v) is 9.58. The van der Waals surface area contributed by atoms with Crippen molar-refractivity contribution in [2.45, 2.75) is 117 Å². The molecule has 7 rings (SSSR count). The van der Waals surface area contributed by atoms with E-state index in [9.17, 15) is 0 Å². The summed E-state index contributed by atoms with van der Waals surface area (Å²) in [5, 5.41) is 3.49. The highest BCUT2D eigenvalue weighted by atomic mass is 35.5. The number of nitrogens with zero attached hydrogens (tertiary/aromatic N) is 1. The molecule has 1 nitrogen and oxygen atoms in total. The number of hydrogen-bond donors (Lipinski definition) is 0. The van der Waals surface area contributed by atoms with Gasteiger partial charge in [-0.3, -0.25) is 0 Å². The van der Waals surface area contributed by atoms with Crippen molar-refractivity contribution in [3.05, 3.63) is 99.1 Å². The Labute approximate surface area is 279 Å². The molecule has 4 aromatic carbocycles. The first kappa shape index (κ1) is 30.8. The third-order valence-electron chi connectivity index (χ3n) is 11.4. The first-order valence-corrected chi connectivity index (χ1v) is 17.9. The minimum absolute atomic E-state index is 0.121. The second kappa shape index (κ2) is 10.1. The zero-order chi connectivity index (χ0) is 32.3. The van der Waals surface area contributed by atoms with Crippen molar-refractivity contribution in [2.75, 3.05) is 4.90 Å². The second-order valence-corrected chi connectivity index (χ2v) is 18.2. The van der Waals surface area contributed by atoms with Crippen LogP contribution < -0.4 is 4.90 Å². The van der Waals surface area contributed by atoms with Crippen molar-refractivity contribution >= 4 is 60.2 Å². The third-order valence-corrected chi connectivity index (χ3v) is 12.7. The maximum Gasteiger partial charge on any atom is 0.0493 e. The van der Waals surface area contributed by atoms with E-state index >= 15 is 0 Å². The standard InChI is InChI=1S/C42H48ClNS/c1-25-17-27(43)20-29(18-25)44(36-23-34-32(19-26(36)2)39(3,4)13-15-41(34,7)8)28-11-12-37-30(21-28)31-22-33-35(24-38(31)45-37)42(9,10)16-14-40(33,5)6/h11-12,17-24H,13-16H2,1-10H3. The molecule has 3 heteroatoms. The first-order chi connectivity index (χ1) is 21.0. The lowest BCUT2D eigenvalue weighted by molar-refractivity contribution is 0.332. The van der Waals surface area contributed by atoms with Gasteiger partial charge in [0.1, 0.15) is 0 Å². The molecule has 0 bridgehead atoms. The molecule has 0 spiro atoms. The molecule has 0 N–H and O–H groups in total. The summed E-state index contributed by atoms with van der Waals surface area (Å²) in [6, 6.07) is 23.6. The number of anilines is 3. The molecule has 1 heterocycles. The van der Waals surface area contributed by atoms with Crippen molar-refractivity contribution in [1.29, 1.82) is 0 Å². The van der Waals surface area contributed by atoms with Gasteiger partial charge in [-0.25, -0.2) is 0 Å². The Balaban J connectivity index is 1.48. The SMILES string of the molecule is Cc1cc(Cl)cc(N(c2ccc3sc4cc5c(cc4c3c2)C(C)(C)CCC5(C)C)c2cc3c(cc2C)C(C)(C)CCC3(C)C)c1. The molecule has 0 saturated heterocycles. The smallest absolute Gasteiger partial charge is 0.0493 e. The van der Waals surface area contributed by atoms with Crippen LogP contribution in [0.15, 0.2) is 60.7 Å². The lowest BCUT2D eigenvalue weighted by Crippen LogP contribution is -2.34. The Morgan fingerprint density at radius 1 is 0.556 bits per heavy atom. The largest absolute Gasteiger partial charge is 0.310 e. The van der Waals surface area contributed by atoms with E-state index in [0.29, 0.717) is 0 Å². The van der Waals surface area contributed by atoms with Crippen LogP contribution in [-0.2, 0) is 21.7 Å². The van der Waals surface area contributed by atoms with E-state index in [0.717, 1.165) is 16.3 Å². The van der Waals surface area contributed by atoms with E-state index in [1.54, 1.807) is 0 Å². The molecule has 0 amide bonds. The van der Waals surface area contributed by atoms with Crippen LogP contribution in [0, 0.1) is 13.8 Å². The zero-order valence-electron chi connectivity index (χ0n) is 28.8. The van der Waals surface area contributed by atoms with Gasteiger partial charge in [0, 0.05) is 42.3 Å². The summed E-state index contributed by atoms with van der Waals surface area (Å²) in [6.45, 7) is 23.8. The predicted molar refractivity (Wildman–Crippen MR) is 199 cm³/mol. The molecule has 2 aliphatic rings. The van der Waals surface area contributed by atoms with Gasteiger partial charge in [0.05, 0.1) is 0 Å². The van der Waals surface area contributed by atoms with Gasteiger partial charge in [-0.1, -0.05) is 73.1 Å². The summed E-state index contributed by atoms with van der Waals surface area (Å²) in [4.78, 5) is 2.46. The minimum Gasteiger partial charge on any atom is -0.310 e. The molecular weight excluding hydrogens is 586 g/mol. The van der Waals surface area contributed by atoms with Crippen molar-refractivity contribution in [2.24, 2.45) is 0 Å². The maximum atomic E-state index is 6.75. The van der Waals surface area contributed by atoms with Crippen molar-refractivity contribution in [3.8, 4) is 0 Å². The number of fused-ring (bicyclic) bond motifs is 5. The van der Waals surface area contributed by atoms with Gasteiger partial charge < -0.3 is 4.90 Å². The molecule has 234 valence electrons. The van der Waals surface area contributed by atoms with Crippen molar-refractivity contribution < 1.29 is 0 Å². The number of benzene rings is 4. The Bertz CT molecular complexity index is 1980. The molecule has 5 aromatic rings. The fourth-order valence-electron chi connectivity index (χ4n) is 8.19. The Kier molecular flexibility index (Phi) is 6.91. The lowest BCUT2D eigenvalue weighted by Gasteiger charge is -2.43. The summed E-state index contributed by atoms with van der Waals surface area (Å²) >= 11 is 8.69. The Morgan fingerprint density at radius 2 is 1.09 bits per heavy atom. The van der Waals surface area contributed by atoms with Gasteiger partial charge >= 0.3 is 0 Å². The van der Waals surface area contributed by atoms with Gasteiger partial charge in [-0.05, 0) is 149 Å². The predicted octanol–water partition coefficient (Wildman–Crippen LogP) is 13.5. The molecule has 45 heavy (non-hydrogen) atoms. The number of thiophene rings is 1. The summed E-state index contributed by atoms with van der Waals surface area (Å²) in [5.41, 5.74) is 12.7. The van der Waals surface area contributed by atoms with E-state index in [1.165, 1.54) is 85.0 Å². The molecule has 0 atom stereocenters. The minimum atomic E-state index is 0.121. The van der Waals surface area contributed by atoms with Gasteiger partial charge in [0.2, 0.25) is 0 Å². The van der Waals surface area contributed by atoms with Crippen LogP contribution in [0.1, 0.15) is 114 Å². The second-order valence-electron chi connectivity index (χ2n) is 16.7. The molecule has 2 aliphatic carbocycles. The van der Waals surface area contributed by atoms with Crippen LogP contribution in [0.2, 0.25) is 5.02 Å². The van der Waals surface area contributed by atoms with Gasteiger partial charge in [-0.2, -0.15) is 0 Å². The van der Waals surface area contributed by atoms with Crippen molar-refractivity contribution in [1.82, 2.24) is 0 Å². The molecular formula is C42H48ClNS. The van der Waals surface area contributed by atoms with E-state index in [4.69, 9.17) is 11.6 Å². The molecule has 0 unspecified atom stereocenters. The van der Waals surface area contributed by atoms with Crippen molar-refractivity contribution in [3.63, 3.8) is 0 Å². The highest BCUT2D eigenvalue weighted by Gasteiger charge is 2.39. The van der Waals surface area contributed by atoms with E-state index in [2.05, 4.69) is 135 Å². The monoisotopic (exact) mass is 633 g/mol. The Hall–Kier alpha value is -2.81. The average molecular weight is 634 g/mol. The number of hydrogen-bond acceptors (Lipinski definition) is 2. The average Bonchev–Trinajstić information content (AvgIpc) is 3.31. The van der Waals surface area contributed by atoms with Crippen LogP contribution >= 0.6 is 22.9 Å². The quantitative estimate of drug-likeness (QED) is 0.191. The van der Waals surface area contributed by atoms with Gasteiger partial charge in [0.25, 0.3) is 0 Å². The maximum absolute atomic E-state index is 6.75. The zero-order valence-corrected chi connectivity index (χ0v) is 30.4. The summed E-state index contributed by atoms with van der Waals surface area (Å²) < 4.78 is 2.74. The van der Waals surface area contributed by atoms with Gasteiger partial charge in [-0.15, -0.1) is 11.3 Å². The van der Waals surface area contributed by atoms with E-state index in [-0.39, 0.29) is 21.7 Å². The number of aryl methyl sites for hydroxylation is 2. The topological polar surface area (TPSA) is 3.24 Å². The first-order valence-electron chi connectivity index (χ1n) is 16.7. The molecule has 0 radical (unpaired) electrons.